The van der Waals surface area contributed by atoms with E-state index in [0.717, 1.165) is 12.3 Å². The van der Waals surface area contributed by atoms with Crippen molar-refractivity contribution < 1.29 is 24.6 Å². The van der Waals surface area contributed by atoms with Crippen LogP contribution in [-0.2, 0) is 9.59 Å². The predicted molar refractivity (Wildman–Crippen MR) is 65.4 cm³/mol. The normalized spacial score (nSPS) is 11.7. The number of hydrogen-bond acceptors (Lipinski definition) is 4. The minimum atomic E-state index is -1.56. The fourth-order valence-electron chi connectivity index (χ4n) is 1.20. The molecule has 0 radical (unpaired) electrons. The van der Waals surface area contributed by atoms with Crippen molar-refractivity contribution >= 4 is 41.0 Å². The van der Waals surface area contributed by atoms with Crippen LogP contribution in [0.25, 0.3) is 0 Å². The van der Waals surface area contributed by atoms with E-state index in [1.807, 2.05) is 5.32 Å². The highest BCUT2D eigenvalue weighted by Crippen LogP contribution is 2.18. The Bertz CT molecular complexity index is 535. The Hall–Kier alpha value is -1.86. The third-order valence-electron chi connectivity index (χ3n) is 2.05. The van der Waals surface area contributed by atoms with Gasteiger partial charge in [0.2, 0.25) is 0 Å². The standard InChI is InChI=1S/C10H8Cl2N2O5/c11-5-3-13-7(12)1-4(5)9(17)14-6(10(18)19)2-8(15)16/h1,3,6H,2H2,(H,14,17)(H,15,16)(H,18,19). The van der Waals surface area contributed by atoms with Crippen molar-refractivity contribution in [2.24, 2.45) is 0 Å². The number of halogens is 2. The molecule has 0 aliphatic heterocycles. The van der Waals surface area contributed by atoms with Crippen molar-refractivity contribution in [3.63, 3.8) is 0 Å². The molecule has 0 bridgehead atoms. The second-order valence-electron chi connectivity index (χ2n) is 3.45. The molecule has 1 aromatic rings. The van der Waals surface area contributed by atoms with Crippen LogP contribution >= 0.6 is 23.2 Å². The van der Waals surface area contributed by atoms with Gasteiger partial charge in [0.25, 0.3) is 5.91 Å². The van der Waals surface area contributed by atoms with Gasteiger partial charge in [-0.25, -0.2) is 9.78 Å². The number of aromatic nitrogens is 1. The Morgan fingerprint density at radius 2 is 1.95 bits per heavy atom. The van der Waals surface area contributed by atoms with Crippen LogP contribution in [0, 0.1) is 0 Å². The molecule has 1 aromatic heterocycles. The lowest BCUT2D eigenvalue weighted by atomic mass is 10.2. The zero-order valence-electron chi connectivity index (χ0n) is 9.26. The number of carboxylic acid groups (broad SMARTS) is 2. The summed E-state index contributed by atoms with van der Waals surface area (Å²) in [7, 11) is 0. The molecule has 0 saturated heterocycles. The number of amides is 1. The van der Waals surface area contributed by atoms with Gasteiger partial charge in [0.15, 0.2) is 0 Å². The van der Waals surface area contributed by atoms with E-state index in [0.29, 0.717) is 0 Å². The van der Waals surface area contributed by atoms with Gasteiger partial charge in [-0.05, 0) is 6.07 Å². The van der Waals surface area contributed by atoms with Crippen LogP contribution < -0.4 is 5.32 Å². The average Bonchev–Trinajstić information content (AvgIpc) is 2.30. The van der Waals surface area contributed by atoms with Gasteiger partial charge in [0.05, 0.1) is 17.0 Å². The van der Waals surface area contributed by atoms with Crippen molar-refractivity contribution in [3.8, 4) is 0 Å². The lowest BCUT2D eigenvalue weighted by Gasteiger charge is -2.13. The third-order valence-corrected chi connectivity index (χ3v) is 2.56. The highest BCUT2D eigenvalue weighted by Gasteiger charge is 2.24. The molecule has 0 fully saturated rings. The Labute approximate surface area is 117 Å². The molecule has 0 spiro atoms. The van der Waals surface area contributed by atoms with E-state index in [1.54, 1.807) is 0 Å². The van der Waals surface area contributed by atoms with Crippen LogP contribution in [0.2, 0.25) is 10.2 Å². The zero-order valence-corrected chi connectivity index (χ0v) is 10.8. The predicted octanol–water partition coefficient (Wildman–Crippen LogP) is 1.05. The number of nitrogens with one attached hydrogen (secondary N) is 1. The number of hydrogen-bond donors (Lipinski definition) is 3. The van der Waals surface area contributed by atoms with Gasteiger partial charge in [-0.1, -0.05) is 23.2 Å². The fraction of sp³-hybridized carbons (Fsp3) is 0.200. The summed E-state index contributed by atoms with van der Waals surface area (Å²) in [5.74, 6) is -3.67. The van der Waals surface area contributed by atoms with Crippen molar-refractivity contribution in [1.82, 2.24) is 10.3 Å². The number of carboxylic acids is 2. The smallest absolute Gasteiger partial charge is 0.326 e. The van der Waals surface area contributed by atoms with Gasteiger partial charge in [-0.2, -0.15) is 0 Å². The van der Waals surface area contributed by atoms with Crippen LogP contribution in [0.3, 0.4) is 0 Å². The Morgan fingerprint density at radius 3 is 2.47 bits per heavy atom. The van der Waals surface area contributed by atoms with Crippen LogP contribution in [0.5, 0.6) is 0 Å². The molecule has 3 N–H and O–H groups in total. The minimum Gasteiger partial charge on any atom is -0.481 e. The summed E-state index contributed by atoms with van der Waals surface area (Å²) >= 11 is 11.3. The largest absolute Gasteiger partial charge is 0.481 e. The molecule has 9 heteroatoms. The number of rotatable bonds is 5. The minimum absolute atomic E-state index is 0.000315. The van der Waals surface area contributed by atoms with Crippen molar-refractivity contribution in [1.29, 1.82) is 0 Å². The topological polar surface area (TPSA) is 117 Å². The van der Waals surface area contributed by atoms with Gasteiger partial charge in [-0.3, -0.25) is 9.59 Å². The number of carbonyl (C=O) groups excluding carboxylic acids is 1. The molecule has 19 heavy (non-hydrogen) atoms. The number of pyridine rings is 1. The number of carbonyl (C=O) groups is 3. The monoisotopic (exact) mass is 306 g/mol. The first kappa shape index (κ1) is 15.2. The summed E-state index contributed by atoms with van der Waals surface area (Å²) in [6, 6.07) is -0.410. The molecule has 1 amide bonds. The van der Waals surface area contributed by atoms with E-state index in [2.05, 4.69) is 4.98 Å². The SMILES string of the molecule is O=C(O)CC(NC(=O)c1cc(Cl)ncc1Cl)C(=O)O. The van der Waals surface area contributed by atoms with Crippen LogP contribution in [0.4, 0.5) is 0 Å². The van der Waals surface area contributed by atoms with Gasteiger partial charge >= 0.3 is 11.9 Å². The zero-order chi connectivity index (χ0) is 14.6. The highest BCUT2D eigenvalue weighted by atomic mass is 35.5. The van der Waals surface area contributed by atoms with Gasteiger partial charge in [-0.15, -0.1) is 0 Å². The van der Waals surface area contributed by atoms with Crippen LogP contribution in [-0.4, -0.2) is 39.1 Å². The van der Waals surface area contributed by atoms with E-state index in [1.165, 1.54) is 0 Å². The summed E-state index contributed by atoms with van der Waals surface area (Å²) in [5.41, 5.74) is -0.0849. The molecular formula is C10H8Cl2N2O5. The van der Waals surface area contributed by atoms with E-state index in [9.17, 15) is 14.4 Å². The fourth-order valence-corrected chi connectivity index (χ4v) is 1.54. The maximum absolute atomic E-state index is 11.8. The maximum atomic E-state index is 11.8. The average molecular weight is 307 g/mol. The van der Waals surface area contributed by atoms with Crippen molar-refractivity contribution in [2.45, 2.75) is 12.5 Å². The molecule has 102 valence electrons. The van der Waals surface area contributed by atoms with Crippen LogP contribution in [0.15, 0.2) is 12.3 Å². The molecule has 7 nitrogen and oxygen atoms in total. The Kier molecular flexibility index (Phi) is 5.08. The maximum Gasteiger partial charge on any atom is 0.326 e. The first-order chi connectivity index (χ1) is 8.81. The molecule has 1 rings (SSSR count). The van der Waals surface area contributed by atoms with Crippen LogP contribution in [0.1, 0.15) is 16.8 Å². The molecule has 1 heterocycles. The molecule has 0 aliphatic rings. The summed E-state index contributed by atoms with van der Waals surface area (Å²) < 4.78 is 0. The quantitative estimate of drug-likeness (QED) is 0.700. The summed E-state index contributed by atoms with van der Waals surface area (Å²) in [6.45, 7) is 0. The molecular weight excluding hydrogens is 299 g/mol. The van der Waals surface area contributed by atoms with E-state index < -0.39 is 30.3 Å². The van der Waals surface area contributed by atoms with Gasteiger partial charge in [0, 0.05) is 6.20 Å². The Morgan fingerprint density at radius 1 is 1.32 bits per heavy atom. The third kappa shape index (κ3) is 4.38. The Balaban J connectivity index is 2.90. The second-order valence-corrected chi connectivity index (χ2v) is 4.24. The first-order valence-corrected chi connectivity index (χ1v) is 5.63. The molecule has 0 aromatic carbocycles. The van der Waals surface area contributed by atoms with E-state index in [4.69, 9.17) is 33.4 Å². The molecule has 0 aliphatic carbocycles. The highest BCUT2D eigenvalue weighted by molar-refractivity contribution is 6.35. The van der Waals surface area contributed by atoms with Gasteiger partial charge < -0.3 is 15.5 Å². The second kappa shape index (κ2) is 6.35. The van der Waals surface area contributed by atoms with E-state index >= 15 is 0 Å². The summed E-state index contributed by atoms with van der Waals surface area (Å²) in [4.78, 5) is 36.7. The first-order valence-electron chi connectivity index (χ1n) is 4.87. The lowest BCUT2D eigenvalue weighted by molar-refractivity contribution is -0.145. The molecule has 1 unspecified atom stereocenters. The summed E-state index contributed by atoms with van der Waals surface area (Å²) in [5, 5.41) is 19.4. The summed E-state index contributed by atoms with van der Waals surface area (Å²) in [6.07, 6.45) is 0.378. The van der Waals surface area contributed by atoms with Crippen molar-refractivity contribution in [3.05, 3.63) is 28.0 Å². The number of aliphatic carboxylic acids is 2. The van der Waals surface area contributed by atoms with Crippen molar-refractivity contribution in [2.75, 3.05) is 0 Å². The number of nitrogens with zero attached hydrogens (tertiary/aromatic N) is 1. The molecule has 0 saturated carbocycles. The van der Waals surface area contributed by atoms with Gasteiger partial charge in [0.1, 0.15) is 11.2 Å². The van der Waals surface area contributed by atoms with E-state index in [-0.39, 0.29) is 15.7 Å². The lowest BCUT2D eigenvalue weighted by Crippen LogP contribution is -2.42. The molecule has 1 atom stereocenters.